The van der Waals surface area contributed by atoms with Gasteiger partial charge in [0.2, 0.25) is 5.91 Å². The number of carbonyl (C=O) groups is 2. The van der Waals surface area contributed by atoms with Crippen LogP contribution in [0.4, 0.5) is 0 Å². The number of hydrogen-bond acceptors (Lipinski definition) is 7. The lowest BCUT2D eigenvalue weighted by Crippen LogP contribution is -2.65. The molecule has 0 unspecified atom stereocenters. The van der Waals surface area contributed by atoms with Gasteiger partial charge in [0.25, 0.3) is 5.79 Å². The zero-order valence-corrected chi connectivity index (χ0v) is 10.9. The number of carbonyl (C=O) groups excluding carboxylic acids is 1. The standard InChI is InChI=1S/C11H19NO8/c1-5(14)12-8-7(16)4-11(19,10(17)18)20-9(8)6(15)2-3-13/h6-9,13,15-16,19H,2-4H2,1H3,(H,12,14)(H,17,18)/t6-,7+,8+,9+,11+/m1/s1. The highest BCUT2D eigenvalue weighted by Gasteiger charge is 2.52. The Hall–Kier alpha value is -1.26. The van der Waals surface area contributed by atoms with Crippen LogP contribution < -0.4 is 5.32 Å². The molecule has 1 rings (SSSR count). The van der Waals surface area contributed by atoms with Gasteiger partial charge in [-0.1, -0.05) is 0 Å². The lowest BCUT2D eigenvalue weighted by Gasteiger charge is -2.44. The van der Waals surface area contributed by atoms with E-state index in [9.17, 15) is 24.9 Å². The Kier molecular flexibility index (Phi) is 5.42. The predicted molar refractivity (Wildman–Crippen MR) is 63.4 cm³/mol. The van der Waals surface area contributed by atoms with E-state index >= 15 is 0 Å². The fourth-order valence-corrected chi connectivity index (χ4v) is 2.14. The Bertz CT molecular complexity index is 375. The summed E-state index contributed by atoms with van der Waals surface area (Å²) >= 11 is 0. The second kappa shape index (κ2) is 6.46. The molecule has 0 radical (unpaired) electrons. The summed E-state index contributed by atoms with van der Waals surface area (Å²) in [6.07, 6.45) is -4.97. The summed E-state index contributed by atoms with van der Waals surface area (Å²) in [5, 5.41) is 49.6. The number of aliphatic hydroxyl groups is 4. The lowest BCUT2D eigenvalue weighted by molar-refractivity contribution is -0.289. The molecule has 1 heterocycles. The van der Waals surface area contributed by atoms with Gasteiger partial charge in [-0.2, -0.15) is 0 Å². The monoisotopic (exact) mass is 293 g/mol. The van der Waals surface area contributed by atoms with Gasteiger partial charge in [0.15, 0.2) is 0 Å². The van der Waals surface area contributed by atoms with Gasteiger partial charge in [-0.15, -0.1) is 0 Å². The van der Waals surface area contributed by atoms with Crippen molar-refractivity contribution >= 4 is 11.9 Å². The molecule has 116 valence electrons. The first-order chi connectivity index (χ1) is 9.21. The molecule has 1 saturated heterocycles. The molecule has 1 aliphatic rings. The second-order valence-electron chi connectivity index (χ2n) is 4.75. The molecule has 1 aliphatic heterocycles. The second-order valence-corrected chi connectivity index (χ2v) is 4.75. The molecule has 0 spiro atoms. The van der Waals surface area contributed by atoms with E-state index in [0.717, 1.165) is 0 Å². The van der Waals surface area contributed by atoms with Gasteiger partial charge in [0.1, 0.15) is 6.10 Å². The highest BCUT2D eigenvalue weighted by Crippen LogP contribution is 2.30. The molecule has 9 nitrogen and oxygen atoms in total. The number of aliphatic carboxylic acids is 1. The van der Waals surface area contributed by atoms with Gasteiger partial charge in [-0.3, -0.25) is 4.79 Å². The van der Waals surface area contributed by atoms with E-state index < -0.39 is 55.0 Å². The minimum Gasteiger partial charge on any atom is -0.477 e. The van der Waals surface area contributed by atoms with Crippen LogP contribution in [0, 0.1) is 0 Å². The van der Waals surface area contributed by atoms with Crippen LogP contribution in [0.5, 0.6) is 0 Å². The molecule has 6 N–H and O–H groups in total. The van der Waals surface area contributed by atoms with Crippen LogP contribution >= 0.6 is 0 Å². The average Bonchev–Trinajstić information content (AvgIpc) is 2.32. The number of ether oxygens (including phenoxy) is 1. The fraction of sp³-hybridized carbons (Fsp3) is 0.818. The quantitative estimate of drug-likeness (QED) is 0.316. The summed E-state index contributed by atoms with van der Waals surface area (Å²) < 4.78 is 4.95. The smallest absolute Gasteiger partial charge is 0.364 e. The number of rotatable bonds is 5. The molecular weight excluding hydrogens is 274 g/mol. The van der Waals surface area contributed by atoms with E-state index in [2.05, 4.69) is 5.32 Å². The lowest BCUT2D eigenvalue weighted by atomic mass is 9.89. The molecule has 9 heteroatoms. The van der Waals surface area contributed by atoms with E-state index in [4.69, 9.17) is 14.9 Å². The van der Waals surface area contributed by atoms with Crippen LogP contribution in [0.25, 0.3) is 0 Å². The fourth-order valence-electron chi connectivity index (χ4n) is 2.14. The van der Waals surface area contributed by atoms with Crippen molar-refractivity contribution in [2.24, 2.45) is 0 Å². The molecule has 1 fully saturated rings. The van der Waals surface area contributed by atoms with E-state index in [1.54, 1.807) is 0 Å². The Balaban J connectivity index is 2.99. The first-order valence-electron chi connectivity index (χ1n) is 6.09. The molecule has 0 aromatic rings. The number of carboxylic acid groups (broad SMARTS) is 1. The Morgan fingerprint density at radius 3 is 2.55 bits per heavy atom. The number of aliphatic hydroxyl groups excluding tert-OH is 3. The minimum absolute atomic E-state index is 0.164. The summed E-state index contributed by atoms with van der Waals surface area (Å²) in [4.78, 5) is 22.1. The Labute approximate surface area is 114 Å². The molecule has 20 heavy (non-hydrogen) atoms. The van der Waals surface area contributed by atoms with E-state index in [1.807, 2.05) is 0 Å². The van der Waals surface area contributed by atoms with Crippen LogP contribution in [0.1, 0.15) is 19.8 Å². The molecule has 0 aromatic heterocycles. The predicted octanol–water partition coefficient (Wildman–Crippen LogP) is -2.84. The normalized spacial score (nSPS) is 35.4. The molecular formula is C11H19NO8. The summed E-state index contributed by atoms with van der Waals surface area (Å²) in [6, 6.07) is -1.09. The van der Waals surface area contributed by atoms with Crippen molar-refractivity contribution in [3.05, 3.63) is 0 Å². The number of hydrogen-bond donors (Lipinski definition) is 6. The van der Waals surface area contributed by atoms with Crippen molar-refractivity contribution in [3.8, 4) is 0 Å². The SMILES string of the molecule is CC(=O)N[C@@H]1[C@H]([C@H](O)CCO)O[C@](O)(C(=O)O)C[C@@H]1O. The van der Waals surface area contributed by atoms with E-state index in [1.165, 1.54) is 6.92 Å². The van der Waals surface area contributed by atoms with E-state index in [0.29, 0.717) is 0 Å². The molecule has 5 atom stereocenters. The minimum atomic E-state index is -2.66. The number of nitrogens with one attached hydrogen (secondary N) is 1. The molecule has 0 aliphatic carbocycles. The Morgan fingerprint density at radius 2 is 2.10 bits per heavy atom. The van der Waals surface area contributed by atoms with Crippen molar-refractivity contribution in [1.29, 1.82) is 0 Å². The summed E-state index contributed by atoms with van der Waals surface area (Å²) in [7, 11) is 0. The molecule has 0 aromatic carbocycles. The highest BCUT2D eigenvalue weighted by atomic mass is 16.7. The maximum Gasteiger partial charge on any atom is 0.364 e. The third-order valence-electron chi connectivity index (χ3n) is 3.09. The maximum atomic E-state index is 11.1. The van der Waals surface area contributed by atoms with Crippen molar-refractivity contribution in [3.63, 3.8) is 0 Å². The van der Waals surface area contributed by atoms with Crippen molar-refractivity contribution in [2.45, 2.75) is 49.9 Å². The maximum absolute atomic E-state index is 11.1. The van der Waals surface area contributed by atoms with Gasteiger partial charge in [0.05, 0.1) is 18.2 Å². The largest absolute Gasteiger partial charge is 0.477 e. The first kappa shape index (κ1) is 16.8. The topological polar surface area (TPSA) is 157 Å². The van der Waals surface area contributed by atoms with Gasteiger partial charge in [-0.05, 0) is 6.42 Å². The van der Waals surface area contributed by atoms with Crippen LogP contribution in [0.15, 0.2) is 0 Å². The first-order valence-corrected chi connectivity index (χ1v) is 6.09. The zero-order valence-electron chi connectivity index (χ0n) is 10.9. The van der Waals surface area contributed by atoms with Crippen LogP contribution in [0.3, 0.4) is 0 Å². The number of carboxylic acids is 1. The van der Waals surface area contributed by atoms with Gasteiger partial charge < -0.3 is 35.6 Å². The van der Waals surface area contributed by atoms with Gasteiger partial charge in [-0.25, -0.2) is 4.79 Å². The van der Waals surface area contributed by atoms with Gasteiger partial charge in [0, 0.05) is 20.0 Å². The third kappa shape index (κ3) is 3.64. The van der Waals surface area contributed by atoms with Crippen molar-refractivity contribution < 1.29 is 39.9 Å². The van der Waals surface area contributed by atoms with Crippen LogP contribution in [-0.4, -0.2) is 74.2 Å². The average molecular weight is 293 g/mol. The zero-order chi connectivity index (χ0) is 15.5. The highest BCUT2D eigenvalue weighted by molar-refractivity contribution is 5.76. The summed E-state index contributed by atoms with van der Waals surface area (Å²) in [5.41, 5.74) is 0. The van der Waals surface area contributed by atoms with Crippen LogP contribution in [0.2, 0.25) is 0 Å². The van der Waals surface area contributed by atoms with Crippen LogP contribution in [-0.2, 0) is 14.3 Å². The van der Waals surface area contributed by atoms with E-state index in [-0.39, 0.29) is 6.42 Å². The number of amides is 1. The molecule has 1 amide bonds. The summed E-state index contributed by atoms with van der Waals surface area (Å²) in [5.74, 6) is -4.88. The molecule has 0 bridgehead atoms. The van der Waals surface area contributed by atoms with Crippen molar-refractivity contribution in [2.75, 3.05) is 6.61 Å². The molecule has 0 saturated carbocycles. The van der Waals surface area contributed by atoms with Crippen molar-refractivity contribution in [1.82, 2.24) is 5.32 Å². The third-order valence-corrected chi connectivity index (χ3v) is 3.09. The van der Waals surface area contributed by atoms with Gasteiger partial charge >= 0.3 is 5.97 Å². The Morgan fingerprint density at radius 1 is 1.50 bits per heavy atom. The summed E-state index contributed by atoms with van der Waals surface area (Å²) in [6.45, 7) is 0.773.